The van der Waals surface area contributed by atoms with Crippen molar-refractivity contribution >= 4 is 10.9 Å². The molecule has 1 aromatic heterocycles. The van der Waals surface area contributed by atoms with Gasteiger partial charge in [0.25, 0.3) is 0 Å². The molecule has 19 heavy (non-hydrogen) atoms. The summed E-state index contributed by atoms with van der Waals surface area (Å²) < 4.78 is 0. The second-order valence-corrected chi connectivity index (χ2v) is 5.99. The number of aliphatic hydroxyl groups is 1. The van der Waals surface area contributed by atoms with Crippen molar-refractivity contribution in [2.75, 3.05) is 0 Å². The van der Waals surface area contributed by atoms with Crippen LogP contribution in [0.2, 0.25) is 0 Å². The molecule has 0 aliphatic heterocycles. The molecule has 0 amide bonds. The van der Waals surface area contributed by atoms with Crippen molar-refractivity contribution in [2.45, 2.75) is 38.7 Å². The summed E-state index contributed by atoms with van der Waals surface area (Å²) in [7, 11) is 0. The summed E-state index contributed by atoms with van der Waals surface area (Å²) in [5.74, 6) is 0.862. The highest BCUT2D eigenvalue weighted by Gasteiger charge is 2.41. The van der Waals surface area contributed by atoms with E-state index in [1.165, 1.54) is 6.42 Å². The number of aromatic nitrogens is 1. The maximum Gasteiger partial charge on any atom is 0.0925 e. The second-order valence-electron chi connectivity index (χ2n) is 5.99. The molecule has 0 radical (unpaired) electrons. The molecule has 2 aromatic rings. The van der Waals surface area contributed by atoms with Gasteiger partial charge in [-0.2, -0.15) is 0 Å². The van der Waals surface area contributed by atoms with Crippen LogP contribution in [0.25, 0.3) is 10.9 Å². The van der Waals surface area contributed by atoms with Crippen molar-refractivity contribution in [2.24, 2.45) is 11.8 Å². The Morgan fingerprint density at radius 2 is 2.11 bits per heavy atom. The lowest BCUT2D eigenvalue weighted by Gasteiger charge is -2.42. The van der Waals surface area contributed by atoms with E-state index in [2.05, 4.69) is 43.1 Å². The van der Waals surface area contributed by atoms with Crippen LogP contribution in [-0.4, -0.2) is 10.1 Å². The van der Waals surface area contributed by atoms with Gasteiger partial charge in [-0.3, -0.25) is 4.98 Å². The second kappa shape index (κ2) is 4.61. The zero-order valence-corrected chi connectivity index (χ0v) is 11.6. The first-order chi connectivity index (χ1) is 9.11. The molecular formula is C17H21NO. The lowest BCUT2D eigenvalue weighted by molar-refractivity contribution is -0.0687. The molecule has 1 aromatic carbocycles. The van der Waals surface area contributed by atoms with E-state index in [-0.39, 0.29) is 0 Å². The molecule has 0 bridgehead atoms. The van der Waals surface area contributed by atoms with Gasteiger partial charge in [0.1, 0.15) is 0 Å². The summed E-state index contributed by atoms with van der Waals surface area (Å²) in [6.45, 7) is 4.42. The predicted molar refractivity (Wildman–Crippen MR) is 77.8 cm³/mol. The normalized spacial score (nSPS) is 31.5. The van der Waals surface area contributed by atoms with Gasteiger partial charge in [0.05, 0.1) is 11.1 Å². The van der Waals surface area contributed by atoms with Gasteiger partial charge in [-0.1, -0.05) is 38.5 Å². The number of fused-ring (bicyclic) bond motifs is 1. The van der Waals surface area contributed by atoms with E-state index in [0.29, 0.717) is 11.8 Å². The Kier molecular flexibility index (Phi) is 3.06. The Balaban J connectivity index is 2.07. The van der Waals surface area contributed by atoms with E-state index in [1.807, 2.05) is 12.3 Å². The fourth-order valence-corrected chi connectivity index (χ4v) is 3.38. The van der Waals surface area contributed by atoms with Crippen molar-refractivity contribution < 1.29 is 5.11 Å². The van der Waals surface area contributed by atoms with E-state index in [4.69, 9.17) is 0 Å². The van der Waals surface area contributed by atoms with Gasteiger partial charge in [0.2, 0.25) is 0 Å². The maximum atomic E-state index is 11.1. The summed E-state index contributed by atoms with van der Waals surface area (Å²) in [4.78, 5) is 4.40. The predicted octanol–water partition coefficient (Wildman–Crippen LogP) is 3.88. The van der Waals surface area contributed by atoms with Crippen LogP contribution in [0.4, 0.5) is 0 Å². The summed E-state index contributed by atoms with van der Waals surface area (Å²) in [5, 5.41) is 12.2. The smallest absolute Gasteiger partial charge is 0.0925 e. The molecule has 2 heteroatoms. The average Bonchev–Trinajstić information content (AvgIpc) is 2.44. The van der Waals surface area contributed by atoms with Gasteiger partial charge in [-0.15, -0.1) is 0 Å². The summed E-state index contributed by atoms with van der Waals surface area (Å²) in [5.41, 5.74) is 1.31. The molecule has 1 saturated carbocycles. The van der Waals surface area contributed by atoms with Gasteiger partial charge in [0.15, 0.2) is 0 Å². The minimum absolute atomic E-state index is 0.294. The van der Waals surface area contributed by atoms with Crippen molar-refractivity contribution in [3.63, 3.8) is 0 Å². The molecule has 100 valence electrons. The molecule has 1 fully saturated rings. The summed E-state index contributed by atoms with van der Waals surface area (Å²) in [6, 6.07) is 10.2. The number of benzene rings is 1. The molecule has 2 nitrogen and oxygen atoms in total. The standard InChI is InChI=1S/C17H21NO/c1-12-5-3-9-17(19,13(12)2)15-8-7-14-6-4-10-18-16(14)11-15/h4,6-8,10-13,19H,3,5,9H2,1-2H3. The van der Waals surface area contributed by atoms with E-state index in [9.17, 15) is 5.11 Å². The molecule has 3 atom stereocenters. The zero-order valence-electron chi connectivity index (χ0n) is 11.6. The Morgan fingerprint density at radius 1 is 1.26 bits per heavy atom. The van der Waals surface area contributed by atoms with Crippen LogP contribution in [0.1, 0.15) is 38.7 Å². The van der Waals surface area contributed by atoms with Crippen molar-refractivity contribution in [3.8, 4) is 0 Å². The van der Waals surface area contributed by atoms with Crippen molar-refractivity contribution in [1.29, 1.82) is 0 Å². The molecule has 3 rings (SSSR count). The van der Waals surface area contributed by atoms with E-state index in [1.54, 1.807) is 0 Å². The molecule has 0 spiro atoms. The highest BCUT2D eigenvalue weighted by Crippen LogP contribution is 2.44. The van der Waals surface area contributed by atoms with Gasteiger partial charge in [-0.05, 0) is 42.4 Å². The van der Waals surface area contributed by atoms with E-state index >= 15 is 0 Å². The largest absolute Gasteiger partial charge is 0.385 e. The summed E-state index contributed by atoms with van der Waals surface area (Å²) in [6.07, 6.45) is 4.98. The third-order valence-electron chi connectivity index (χ3n) is 4.93. The number of hydrogen-bond donors (Lipinski definition) is 1. The zero-order chi connectivity index (χ0) is 13.5. The Labute approximate surface area is 114 Å². The van der Waals surface area contributed by atoms with Crippen LogP contribution >= 0.6 is 0 Å². The topological polar surface area (TPSA) is 33.1 Å². The SMILES string of the molecule is CC1CCCC(O)(c2ccc3cccnc3c2)C1C. The fourth-order valence-electron chi connectivity index (χ4n) is 3.38. The molecule has 3 unspecified atom stereocenters. The molecule has 1 N–H and O–H groups in total. The van der Waals surface area contributed by atoms with Gasteiger partial charge >= 0.3 is 0 Å². The Bertz CT molecular complexity index is 595. The van der Waals surface area contributed by atoms with E-state index in [0.717, 1.165) is 29.3 Å². The average molecular weight is 255 g/mol. The molecular weight excluding hydrogens is 234 g/mol. The minimum Gasteiger partial charge on any atom is -0.385 e. The highest BCUT2D eigenvalue weighted by atomic mass is 16.3. The molecule has 1 aliphatic rings. The molecule has 1 aliphatic carbocycles. The lowest BCUT2D eigenvalue weighted by Crippen LogP contribution is -2.40. The van der Waals surface area contributed by atoms with Crippen molar-refractivity contribution in [3.05, 3.63) is 42.1 Å². The van der Waals surface area contributed by atoms with Crippen LogP contribution in [0, 0.1) is 11.8 Å². The monoisotopic (exact) mass is 255 g/mol. The number of rotatable bonds is 1. The van der Waals surface area contributed by atoms with Gasteiger partial charge < -0.3 is 5.11 Å². The molecule has 0 saturated heterocycles. The number of pyridine rings is 1. The lowest BCUT2D eigenvalue weighted by atomic mass is 9.67. The first kappa shape index (κ1) is 12.6. The van der Waals surface area contributed by atoms with Crippen LogP contribution in [0.15, 0.2) is 36.5 Å². The summed E-state index contributed by atoms with van der Waals surface area (Å²) >= 11 is 0. The number of hydrogen-bond acceptors (Lipinski definition) is 2. The minimum atomic E-state index is -0.691. The van der Waals surface area contributed by atoms with Crippen LogP contribution in [0.5, 0.6) is 0 Å². The van der Waals surface area contributed by atoms with Crippen LogP contribution in [-0.2, 0) is 5.60 Å². The van der Waals surface area contributed by atoms with Crippen LogP contribution < -0.4 is 0 Å². The number of nitrogens with zero attached hydrogens (tertiary/aromatic N) is 1. The maximum absolute atomic E-state index is 11.1. The highest BCUT2D eigenvalue weighted by molar-refractivity contribution is 5.79. The Hall–Kier alpha value is -1.41. The Morgan fingerprint density at radius 3 is 2.95 bits per heavy atom. The third kappa shape index (κ3) is 2.04. The van der Waals surface area contributed by atoms with Crippen LogP contribution in [0.3, 0.4) is 0 Å². The fraction of sp³-hybridized carbons (Fsp3) is 0.471. The van der Waals surface area contributed by atoms with E-state index < -0.39 is 5.60 Å². The first-order valence-electron chi connectivity index (χ1n) is 7.19. The quantitative estimate of drug-likeness (QED) is 0.839. The van der Waals surface area contributed by atoms with Gasteiger partial charge in [-0.25, -0.2) is 0 Å². The van der Waals surface area contributed by atoms with Gasteiger partial charge in [0, 0.05) is 11.6 Å². The third-order valence-corrected chi connectivity index (χ3v) is 4.93. The first-order valence-corrected chi connectivity index (χ1v) is 7.19. The van der Waals surface area contributed by atoms with Crippen molar-refractivity contribution in [1.82, 2.24) is 4.98 Å². The molecule has 1 heterocycles.